The molecule has 1 amide bonds. The maximum absolute atomic E-state index is 12.6. The molecule has 1 aliphatic rings. The molecule has 0 aliphatic carbocycles. The smallest absolute Gasteiger partial charge is 0.257 e. The fourth-order valence-corrected chi connectivity index (χ4v) is 4.12. The molecule has 1 saturated heterocycles. The SMILES string of the molecule is O=C(Nc1ccc(S(=O)(=O)N2CCOCC2)cc1)c1ccccc1Cl. The monoisotopic (exact) mass is 380 g/mol. The highest BCUT2D eigenvalue weighted by Crippen LogP contribution is 2.21. The fourth-order valence-electron chi connectivity index (χ4n) is 2.49. The highest BCUT2D eigenvalue weighted by Gasteiger charge is 2.26. The summed E-state index contributed by atoms with van der Waals surface area (Å²) in [5, 5.41) is 3.06. The number of hydrogen-bond acceptors (Lipinski definition) is 4. The lowest BCUT2D eigenvalue weighted by Gasteiger charge is -2.26. The second-order valence-corrected chi connectivity index (χ2v) is 7.82. The Labute approximate surface area is 151 Å². The molecule has 1 fully saturated rings. The minimum atomic E-state index is -3.55. The van der Waals surface area contributed by atoms with Gasteiger partial charge in [0.05, 0.1) is 28.7 Å². The first kappa shape index (κ1) is 17.9. The number of benzene rings is 2. The maximum Gasteiger partial charge on any atom is 0.257 e. The van der Waals surface area contributed by atoms with Crippen molar-refractivity contribution in [2.24, 2.45) is 0 Å². The Bertz CT molecular complexity index is 862. The van der Waals surface area contributed by atoms with E-state index in [9.17, 15) is 13.2 Å². The number of carbonyl (C=O) groups excluding carboxylic acids is 1. The fraction of sp³-hybridized carbons (Fsp3) is 0.235. The number of hydrogen-bond donors (Lipinski definition) is 1. The van der Waals surface area contributed by atoms with E-state index < -0.39 is 10.0 Å². The van der Waals surface area contributed by atoms with Gasteiger partial charge in [0.25, 0.3) is 5.91 Å². The number of sulfonamides is 1. The van der Waals surface area contributed by atoms with Gasteiger partial charge in [-0.2, -0.15) is 4.31 Å². The minimum absolute atomic E-state index is 0.185. The zero-order chi connectivity index (χ0) is 17.9. The lowest BCUT2D eigenvalue weighted by molar-refractivity contribution is 0.0730. The largest absolute Gasteiger partial charge is 0.379 e. The number of morpholine rings is 1. The molecule has 0 saturated carbocycles. The minimum Gasteiger partial charge on any atom is -0.379 e. The molecule has 0 spiro atoms. The van der Waals surface area contributed by atoms with Gasteiger partial charge in [0.1, 0.15) is 0 Å². The van der Waals surface area contributed by atoms with Gasteiger partial charge in [0.15, 0.2) is 0 Å². The number of rotatable bonds is 4. The zero-order valence-electron chi connectivity index (χ0n) is 13.3. The molecule has 1 heterocycles. The van der Waals surface area contributed by atoms with E-state index >= 15 is 0 Å². The summed E-state index contributed by atoms with van der Waals surface area (Å²) >= 11 is 6.00. The van der Waals surface area contributed by atoms with Crippen LogP contribution in [0.5, 0.6) is 0 Å². The lowest BCUT2D eigenvalue weighted by Crippen LogP contribution is -2.40. The summed E-state index contributed by atoms with van der Waals surface area (Å²) in [6, 6.07) is 12.8. The number of nitrogens with zero attached hydrogens (tertiary/aromatic N) is 1. The Morgan fingerprint density at radius 2 is 1.68 bits per heavy atom. The van der Waals surface area contributed by atoms with E-state index in [1.807, 2.05) is 0 Å². The third-order valence-corrected chi connectivity index (χ3v) is 6.08. The van der Waals surface area contributed by atoms with Crippen LogP contribution in [-0.4, -0.2) is 44.9 Å². The number of nitrogens with one attached hydrogen (secondary N) is 1. The molecule has 25 heavy (non-hydrogen) atoms. The maximum atomic E-state index is 12.6. The Morgan fingerprint density at radius 3 is 2.32 bits per heavy atom. The normalized spacial score (nSPS) is 15.7. The summed E-state index contributed by atoms with van der Waals surface area (Å²) in [6.07, 6.45) is 0. The molecule has 0 unspecified atom stereocenters. The Kier molecular flexibility index (Phi) is 5.39. The van der Waals surface area contributed by atoms with E-state index in [0.717, 1.165) is 0 Å². The van der Waals surface area contributed by atoms with Crippen molar-refractivity contribution in [2.75, 3.05) is 31.6 Å². The number of ether oxygens (including phenoxy) is 1. The molecule has 2 aromatic carbocycles. The van der Waals surface area contributed by atoms with Crippen LogP contribution in [0.2, 0.25) is 5.02 Å². The zero-order valence-corrected chi connectivity index (χ0v) is 14.9. The molecule has 1 aliphatic heterocycles. The number of halogens is 1. The van der Waals surface area contributed by atoms with Gasteiger partial charge < -0.3 is 10.1 Å². The van der Waals surface area contributed by atoms with Crippen LogP contribution in [0, 0.1) is 0 Å². The number of anilines is 1. The van der Waals surface area contributed by atoms with E-state index in [4.69, 9.17) is 16.3 Å². The van der Waals surface area contributed by atoms with Gasteiger partial charge in [-0.3, -0.25) is 4.79 Å². The van der Waals surface area contributed by atoms with Crippen molar-refractivity contribution in [3.8, 4) is 0 Å². The van der Waals surface area contributed by atoms with Crippen molar-refractivity contribution in [3.63, 3.8) is 0 Å². The Morgan fingerprint density at radius 1 is 1.04 bits per heavy atom. The highest BCUT2D eigenvalue weighted by molar-refractivity contribution is 7.89. The first-order valence-corrected chi connectivity index (χ1v) is 9.54. The molecular weight excluding hydrogens is 364 g/mol. The molecule has 3 rings (SSSR count). The Balaban J connectivity index is 1.74. The Hall–Kier alpha value is -1.93. The molecule has 0 atom stereocenters. The standard InChI is InChI=1S/C17H17ClN2O4S/c18-16-4-2-1-3-15(16)17(21)19-13-5-7-14(8-6-13)25(22,23)20-9-11-24-12-10-20/h1-8H,9-12H2,(H,19,21). The van der Waals surface area contributed by atoms with E-state index in [2.05, 4.69) is 5.32 Å². The van der Waals surface area contributed by atoms with Crippen molar-refractivity contribution in [1.29, 1.82) is 0 Å². The van der Waals surface area contributed by atoms with Gasteiger partial charge in [-0.1, -0.05) is 23.7 Å². The van der Waals surface area contributed by atoms with Crippen molar-refractivity contribution in [1.82, 2.24) is 4.31 Å². The van der Waals surface area contributed by atoms with Gasteiger partial charge in [0, 0.05) is 18.8 Å². The third kappa shape index (κ3) is 4.01. The molecule has 0 bridgehead atoms. The highest BCUT2D eigenvalue weighted by atomic mass is 35.5. The van der Waals surface area contributed by atoms with Crippen LogP contribution < -0.4 is 5.32 Å². The second kappa shape index (κ2) is 7.53. The summed E-state index contributed by atoms with van der Waals surface area (Å²) in [5.74, 6) is -0.352. The van der Waals surface area contributed by atoms with Crippen molar-refractivity contribution in [2.45, 2.75) is 4.90 Å². The molecule has 8 heteroatoms. The predicted molar refractivity (Wildman–Crippen MR) is 95.4 cm³/mol. The van der Waals surface area contributed by atoms with Crippen LogP contribution in [-0.2, 0) is 14.8 Å². The van der Waals surface area contributed by atoms with Crippen molar-refractivity contribution < 1.29 is 17.9 Å². The molecule has 1 N–H and O–H groups in total. The topological polar surface area (TPSA) is 75.7 Å². The van der Waals surface area contributed by atoms with Crippen LogP contribution in [0.4, 0.5) is 5.69 Å². The lowest BCUT2D eigenvalue weighted by atomic mass is 10.2. The summed E-state index contributed by atoms with van der Waals surface area (Å²) in [4.78, 5) is 12.4. The van der Waals surface area contributed by atoms with Gasteiger partial charge in [-0.15, -0.1) is 0 Å². The van der Waals surface area contributed by atoms with E-state index in [0.29, 0.717) is 42.6 Å². The summed E-state index contributed by atoms with van der Waals surface area (Å²) < 4.78 is 31.7. The van der Waals surface area contributed by atoms with E-state index in [1.54, 1.807) is 36.4 Å². The summed E-state index contributed by atoms with van der Waals surface area (Å²) in [7, 11) is -3.55. The number of amides is 1. The quantitative estimate of drug-likeness (QED) is 0.884. The van der Waals surface area contributed by atoms with Crippen LogP contribution in [0.3, 0.4) is 0 Å². The van der Waals surface area contributed by atoms with E-state index in [1.165, 1.54) is 16.4 Å². The molecular formula is C17H17ClN2O4S. The molecule has 132 valence electrons. The second-order valence-electron chi connectivity index (χ2n) is 5.47. The average molecular weight is 381 g/mol. The van der Waals surface area contributed by atoms with E-state index in [-0.39, 0.29) is 10.8 Å². The summed E-state index contributed by atoms with van der Waals surface area (Å²) in [5.41, 5.74) is 0.847. The molecule has 2 aromatic rings. The van der Waals surface area contributed by atoms with Crippen LogP contribution in [0.25, 0.3) is 0 Å². The first-order chi connectivity index (χ1) is 12.0. The first-order valence-electron chi connectivity index (χ1n) is 7.72. The van der Waals surface area contributed by atoms with Gasteiger partial charge in [0.2, 0.25) is 10.0 Å². The van der Waals surface area contributed by atoms with Crippen LogP contribution in [0.15, 0.2) is 53.4 Å². The summed E-state index contributed by atoms with van der Waals surface area (Å²) in [6.45, 7) is 1.47. The van der Waals surface area contributed by atoms with Gasteiger partial charge in [-0.05, 0) is 36.4 Å². The van der Waals surface area contributed by atoms with Gasteiger partial charge in [-0.25, -0.2) is 8.42 Å². The van der Waals surface area contributed by atoms with Crippen LogP contribution >= 0.6 is 11.6 Å². The molecule has 0 aromatic heterocycles. The average Bonchev–Trinajstić information content (AvgIpc) is 2.63. The van der Waals surface area contributed by atoms with Crippen molar-refractivity contribution >= 4 is 33.2 Å². The number of carbonyl (C=O) groups is 1. The van der Waals surface area contributed by atoms with Crippen molar-refractivity contribution in [3.05, 3.63) is 59.1 Å². The van der Waals surface area contributed by atoms with Crippen LogP contribution in [0.1, 0.15) is 10.4 Å². The molecule has 0 radical (unpaired) electrons. The molecule has 6 nitrogen and oxygen atoms in total. The predicted octanol–water partition coefficient (Wildman–Crippen LogP) is 2.61. The third-order valence-electron chi connectivity index (χ3n) is 3.84. The van der Waals surface area contributed by atoms with Gasteiger partial charge >= 0.3 is 0 Å².